The maximum Gasteiger partial charge on any atom is 0.257 e. The molecule has 0 fully saturated rings. The van der Waals surface area contributed by atoms with Crippen molar-refractivity contribution in [2.24, 2.45) is 0 Å². The van der Waals surface area contributed by atoms with Gasteiger partial charge in [0.05, 0.1) is 18.8 Å². The number of likely N-dealkylation sites (N-methyl/N-ethyl adjacent to an activating group) is 1. The number of aliphatic hydroxyl groups excluding tert-OH is 1. The lowest BCUT2D eigenvalue weighted by Crippen LogP contribution is -2.42. The second kappa shape index (κ2) is 9.17. The van der Waals surface area contributed by atoms with E-state index in [1.54, 1.807) is 7.05 Å². The molecule has 1 amide bonds. The number of nitrogens with zero attached hydrogens (tertiary/aromatic N) is 2. The molecule has 2 aromatic rings. The van der Waals surface area contributed by atoms with Crippen LogP contribution in [0.2, 0.25) is 0 Å². The van der Waals surface area contributed by atoms with Gasteiger partial charge in [0.25, 0.3) is 5.91 Å². The first kappa shape index (κ1) is 20.3. The van der Waals surface area contributed by atoms with Gasteiger partial charge in [-0.05, 0) is 42.2 Å². The lowest BCUT2D eigenvalue weighted by atomic mass is 10.0. The molecular weight excluding hydrogens is 359 g/mol. The van der Waals surface area contributed by atoms with E-state index in [0.29, 0.717) is 12.3 Å². The summed E-state index contributed by atoms with van der Waals surface area (Å²) in [7, 11) is 3.05. The molecule has 0 aliphatic carbocycles. The van der Waals surface area contributed by atoms with Gasteiger partial charge in [-0.1, -0.05) is 24.3 Å². The number of aliphatic hydroxyl groups is 1. The minimum Gasteiger partial charge on any atom is -0.496 e. The molecule has 1 heterocycles. The predicted octanol–water partition coefficient (Wildman–Crippen LogP) is 2.37. The molecule has 2 aromatic carbocycles. The van der Waals surface area contributed by atoms with Crippen molar-refractivity contribution in [2.45, 2.75) is 18.9 Å². The van der Waals surface area contributed by atoms with Crippen LogP contribution in [0.5, 0.6) is 5.75 Å². The maximum absolute atomic E-state index is 13.5. The fraction of sp³-hybridized carbons (Fsp3) is 0.409. The van der Waals surface area contributed by atoms with Crippen LogP contribution in [-0.2, 0) is 12.8 Å². The third-order valence-corrected chi connectivity index (χ3v) is 5.21. The number of amides is 1. The van der Waals surface area contributed by atoms with Gasteiger partial charge in [-0.25, -0.2) is 4.39 Å². The third-order valence-electron chi connectivity index (χ3n) is 5.21. The minimum atomic E-state index is -0.685. The summed E-state index contributed by atoms with van der Waals surface area (Å²) >= 11 is 0. The van der Waals surface area contributed by atoms with Crippen molar-refractivity contribution in [3.63, 3.8) is 0 Å². The topological polar surface area (TPSA) is 53.0 Å². The van der Waals surface area contributed by atoms with E-state index < -0.39 is 11.9 Å². The zero-order valence-corrected chi connectivity index (χ0v) is 16.4. The second-order valence-electron chi connectivity index (χ2n) is 7.25. The Hall–Kier alpha value is -2.44. The lowest BCUT2D eigenvalue weighted by molar-refractivity contribution is 0.0589. The molecule has 1 atom stereocenters. The summed E-state index contributed by atoms with van der Waals surface area (Å²) in [4.78, 5) is 16.3. The number of halogens is 1. The van der Waals surface area contributed by atoms with Crippen molar-refractivity contribution in [3.8, 4) is 5.75 Å². The van der Waals surface area contributed by atoms with Crippen LogP contribution in [0.3, 0.4) is 0 Å². The van der Waals surface area contributed by atoms with Crippen LogP contribution in [0.4, 0.5) is 4.39 Å². The molecule has 5 nitrogen and oxygen atoms in total. The fourth-order valence-electron chi connectivity index (χ4n) is 3.70. The van der Waals surface area contributed by atoms with E-state index in [4.69, 9.17) is 4.74 Å². The summed E-state index contributed by atoms with van der Waals surface area (Å²) < 4.78 is 18.7. The number of methoxy groups -OCH3 is 1. The van der Waals surface area contributed by atoms with E-state index in [1.807, 2.05) is 0 Å². The van der Waals surface area contributed by atoms with Crippen molar-refractivity contribution >= 4 is 5.91 Å². The summed E-state index contributed by atoms with van der Waals surface area (Å²) in [6.45, 7) is 2.42. The van der Waals surface area contributed by atoms with Crippen molar-refractivity contribution in [1.29, 1.82) is 0 Å². The predicted molar refractivity (Wildman–Crippen MR) is 106 cm³/mol. The quantitative estimate of drug-likeness (QED) is 0.828. The second-order valence-corrected chi connectivity index (χ2v) is 7.25. The number of benzene rings is 2. The number of β-amino-alcohol motifs (C(OH)–C–C–N with tert-alkyl or cyclic N) is 1. The number of rotatable bonds is 6. The van der Waals surface area contributed by atoms with Crippen LogP contribution in [0, 0.1) is 5.82 Å². The molecule has 6 heteroatoms. The van der Waals surface area contributed by atoms with Gasteiger partial charge in [-0.3, -0.25) is 4.79 Å². The van der Waals surface area contributed by atoms with Gasteiger partial charge in [0, 0.05) is 33.2 Å². The Labute approximate surface area is 165 Å². The van der Waals surface area contributed by atoms with Crippen LogP contribution in [-0.4, -0.2) is 67.3 Å². The molecule has 0 aromatic heterocycles. The molecule has 0 saturated carbocycles. The summed E-state index contributed by atoms with van der Waals surface area (Å²) in [5.41, 5.74) is 2.89. The van der Waals surface area contributed by atoms with Crippen molar-refractivity contribution < 1.29 is 19.0 Å². The lowest BCUT2D eigenvalue weighted by Gasteiger charge is -2.26. The number of fused-ring (bicyclic) bond motifs is 1. The highest BCUT2D eigenvalue weighted by Gasteiger charge is 2.22. The van der Waals surface area contributed by atoms with E-state index >= 15 is 0 Å². The van der Waals surface area contributed by atoms with E-state index in [0.717, 1.165) is 32.0 Å². The molecule has 28 heavy (non-hydrogen) atoms. The van der Waals surface area contributed by atoms with Gasteiger partial charge in [-0.2, -0.15) is 0 Å². The van der Waals surface area contributed by atoms with Crippen LogP contribution in [0.25, 0.3) is 0 Å². The SMILES string of the molecule is COc1ccc(F)cc1C(=O)N(C)CC(O)CN1CCc2ccccc2CC1. The van der Waals surface area contributed by atoms with E-state index in [-0.39, 0.29) is 18.0 Å². The molecular formula is C22H27FN2O3. The van der Waals surface area contributed by atoms with E-state index in [9.17, 15) is 14.3 Å². The van der Waals surface area contributed by atoms with Crippen molar-refractivity contribution in [2.75, 3.05) is 40.3 Å². The Bertz CT molecular complexity index is 800. The number of carbonyl (C=O) groups excluding carboxylic acids is 1. The Morgan fingerprint density at radius 2 is 1.86 bits per heavy atom. The molecule has 3 rings (SSSR count). The monoisotopic (exact) mass is 386 g/mol. The Morgan fingerprint density at radius 3 is 2.46 bits per heavy atom. The normalized spacial score (nSPS) is 15.4. The first-order chi connectivity index (χ1) is 13.5. The summed E-state index contributed by atoms with van der Waals surface area (Å²) in [5, 5.41) is 10.5. The molecule has 0 bridgehead atoms. The van der Waals surface area contributed by atoms with E-state index in [1.165, 1.54) is 35.3 Å². The molecule has 0 spiro atoms. The molecule has 0 radical (unpaired) electrons. The van der Waals surface area contributed by atoms with Gasteiger partial charge in [0.15, 0.2) is 0 Å². The fourth-order valence-corrected chi connectivity index (χ4v) is 3.70. The summed E-state index contributed by atoms with van der Waals surface area (Å²) in [6, 6.07) is 12.3. The maximum atomic E-state index is 13.5. The van der Waals surface area contributed by atoms with Crippen LogP contribution >= 0.6 is 0 Å². The zero-order valence-electron chi connectivity index (χ0n) is 16.4. The number of hydrogen-bond donors (Lipinski definition) is 1. The first-order valence-electron chi connectivity index (χ1n) is 9.54. The van der Waals surface area contributed by atoms with Crippen molar-refractivity contribution in [3.05, 3.63) is 65.0 Å². The molecule has 150 valence electrons. The van der Waals surface area contributed by atoms with Crippen LogP contribution in [0.1, 0.15) is 21.5 Å². The minimum absolute atomic E-state index is 0.155. The van der Waals surface area contributed by atoms with Gasteiger partial charge < -0.3 is 19.6 Å². The summed E-state index contributed by atoms with van der Waals surface area (Å²) in [5.74, 6) is -0.557. The average Bonchev–Trinajstić information content (AvgIpc) is 2.89. The van der Waals surface area contributed by atoms with E-state index in [2.05, 4.69) is 29.2 Å². The van der Waals surface area contributed by atoms with Gasteiger partial charge in [0.1, 0.15) is 11.6 Å². The Kier molecular flexibility index (Phi) is 6.65. The highest BCUT2D eigenvalue weighted by molar-refractivity contribution is 5.96. The standard InChI is InChI=1S/C22H27FN2O3/c1-24(22(27)20-13-18(23)7-8-21(20)28-2)14-19(26)15-25-11-9-16-5-3-4-6-17(16)10-12-25/h3-8,13,19,26H,9-12,14-15H2,1-2H3. The third kappa shape index (κ3) is 4.88. The Morgan fingerprint density at radius 1 is 1.21 bits per heavy atom. The van der Waals surface area contributed by atoms with Crippen LogP contribution < -0.4 is 4.74 Å². The molecule has 0 saturated heterocycles. The Balaban J connectivity index is 1.57. The highest BCUT2D eigenvalue weighted by Crippen LogP contribution is 2.21. The van der Waals surface area contributed by atoms with Gasteiger partial charge in [-0.15, -0.1) is 0 Å². The summed E-state index contributed by atoms with van der Waals surface area (Å²) in [6.07, 6.45) is 1.23. The molecule has 1 unspecified atom stereocenters. The van der Waals surface area contributed by atoms with Crippen LogP contribution in [0.15, 0.2) is 42.5 Å². The average molecular weight is 386 g/mol. The smallest absolute Gasteiger partial charge is 0.257 e. The first-order valence-corrected chi connectivity index (χ1v) is 9.54. The van der Waals surface area contributed by atoms with Crippen molar-refractivity contribution in [1.82, 2.24) is 9.80 Å². The van der Waals surface area contributed by atoms with Gasteiger partial charge >= 0.3 is 0 Å². The molecule has 1 N–H and O–H groups in total. The molecule has 1 aliphatic rings. The molecule has 1 aliphatic heterocycles. The number of carbonyl (C=O) groups is 1. The zero-order chi connectivity index (χ0) is 20.1. The number of ether oxygens (including phenoxy) is 1. The van der Waals surface area contributed by atoms with Gasteiger partial charge in [0.2, 0.25) is 0 Å². The number of hydrogen-bond acceptors (Lipinski definition) is 4. The largest absolute Gasteiger partial charge is 0.496 e. The highest BCUT2D eigenvalue weighted by atomic mass is 19.1.